The molecule has 1 N–H and O–H groups in total. The number of ether oxygens (including phenoxy) is 1. The SMILES string of the molecule is CC1=C[C@@](O)(C[C@@H](C)[C@]2(C)CC=C(C)[C@]23CCC2=C3CC[C@H]3C(C)(C)C(=O)CC[C@]23C)OC1=O. The second kappa shape index (κ2) is 7.18. The van der Waals surface area contributed by atoms with Crippen LogP contribution in [-0.2, 0) is 14.3 Å². The third kappa shape index (κ3) is 2.87. The lowest BCUT2D eigenvalue weighted by molar-refractivity contribution is -0.187. The van der Waals surface area contributed by atoms with E-state index in [4.69, 9.17) is 4.74 Å². The molecule has 0 aromatic carbocycles. The molecule has 1 heterocycles. The van der Waals surface area contributed by atoms with Gasteiger partial charge in [-0.25, -0.2) is 4.79 Å². The van der Waals surface area contributed by atoms with Crippen molar-refractivity contribution in [1.82, 2.24) is 0 Å². The number of hydrogen-bond donors (Lipinski definition) is 1. The molecule has 5 aliphatic rings. The van der Waals surface area contributed by atoms with Gasteiger partial charge in [-0.2, -0.15) is 0 Å². The standard InChI is InChI=1S/C30H42O4/c1-18-16-29(33,34-25(18)32)17-20(3)28(7)14-10-19(2)30(28)15-11-21-22(30)8-9-23-26(4,5)24(31)12-13-27(21,23)6/h10,16,20,23,33H,8-9,11-15,17H2,1-7H3/t20-,23+,27-,28+,29+,30+/m1/s1. The Kier molecular flexibility index (Phi) is 5.08. The summed E-state index contributed by atoms with van der Waals surface area (Å²) in [7, 11) is 0. The Morgan fingerprint density at radius 1 is 1.06 bits per heavy atom. The van der Waals surface area contributed by atoms with Crippen molar-refractivity contribution in [1.29, 1.82) is 0 Å². The van der Waals surface area contributed by atoms with Gasteiger partial charge in [-0.05, 0) is 81.1 Å². The first-order chi connectivity index (χ1) is 15.7. The largest absolute Gasteiger partial charge is 0.426 e. The molecule has 1 spiro atoms. The summed E-state index contributed by atoms with van der Waals surface area (Å²) in [5.41, 5.74) is 5.03. The number of carbonyl (C=O) groups excluding carboxylic acids is 2. The van der Waals surface area contributed by atoms with Gasteiger partial charge in [0.05, 0.1) is 0 Å². The van der Waals surface area contributed by atoms with Crippen molar-refractivity contribution in [2.75, 3.05) is 0 Å². The fraction of sp³-hybridized carbons (Fsp3) is 0.733. The van der Waals surface area contributed by atoms with Gasteiger partial charge in [-0.3, -0.25) is 4.79 Å². The molecule has 0 bridgehead atoms. The summed E-state index contributed by atoms with van der Waals surface area (Å²) in [5, 5.41) is 11.1. The van der Waals surface area contributed by atoms with Crippen LogP contribution in [0.15, 0.2) is 34.4 Å². The highest BCUT2D eigenvalue weighted by Gasteiger charge is 2.64. The summed E-state index contributed by atoms with van der Waals surface area (Å²) in [6, 6.07) is 0. The Labute approximate surface area is 204 Å². The average molecular weight is 467 g/mol. The highest BCUT2D eigenvalue weighted by atomic mass is 16.7. The molecule has 5 rings (SSSR count). The lowest BCUT2D eigenvalue weighted by atomic mass is 9.47. The Morgan fingerprint density at radius 2 is 1.76 bits per heavy atom. The fourth-order valence-corrected chi connectivity index (χ4v) is 9.34. The molecule has 6 atom stereocenters. The molecule has 0 saturated heterocycles. The molecule has 1 fully saturated rings. The van der Waals surface area contributed by atoms with Crippen LogP contribution >= 0.6 is 0 Å². The van der Waals surface area contributed by atoms with E-state index in [9.17, 15) is 14.7 Å². The van der Waals surface area contributed by atoms with Gasteiger partial charge >= 0.3 is 5.97 Å². The van der Waals surface area contributed by atoms with Crippen molar-refractivity contribution < 1.29 is 19.4 Å². The molecular weight excluding hydrogens is 424 g/mol. The third-order valence-corrected chi connectivity index (χ3v) is 11.4. The van der Waals surface area contributed by atoms with Gasteiger partial charge in [0.1, 0.15) is 5.78 Å². The van der Waals surface area contributed by atoms with E-state index in [2.05, 4.69) is 47.6 Å². The van der Waals surface area contributed by atoms with Gasteiger partial charge in [0.15, 0.2) is 0 Å². The Bertz CT molecular complexity index is 1060. The van der Waals surface area contributed by atoms with E-state index >= 15 is 0 Å². The molecule has 0 aromatic rings. The molecule has 1 aliphatic heterocycles. The number of hydrogen-bond acceptors (Lipinski definition) is 4. The summed E-state index contributed by atoms with van der Waals surface area (Å²) in [5.74, 6) is -0.917. The van der Waals surface area contributed by atoms with Gasteiger partial charge in [-0.15, -0.1) is 0 Å². The van der Waals surface area contributed by atoms with Crippen molar-refractivity contribution in [3.8, 4) is 0 Å². The zero-order chi connectivity index (χ0) is 24.9. The maximum atomic E-state index is 12.9. The minimum absolute atomic E-state index is 0.000931. The Balaban J connectivity index is 1.54. The van der Waals surface area contributed by atoms with Crippen LogP contribution in [0.25, 0.3) is 0 Å². The minimum atomic E-state index is -1.51. The second-order valence-electron chi connectivity index (χ2n) is 13.2. The number of esters is 1. The van der Waals surface area contributed by atoms with Crippen molar-refractivity contribution in [2.24, 2.45) is 33.5 Å². The molecule has 34 heavy (non-hydrogen) atoms. The van der Waals surface area contributed by atoms with E-state index in [1.165, 1.54) is 5.57 Å². The highest BCUT2D eigenvalue weighted by molar-refractivity contribution is 5.90. The summed E-state index contributed by atoms with van der Waals surface area (Å²) < 4.78 is 5.40. The summed E-state index contributed by atoms with van der Waals surface area (Å²) in [6.07, 6.45) is 11.5. The number of fused-ring (bicyclic) bond motifs is 3. The van der Waals surface area contributed by atoms with E-state index in [-0.39, 0.29) is 27.6 Å². The van der Waals surface area contributed by atoms with Crippen molar-refractivity contribution >= 4 is 11.8 Å². The lowest BCUT2D eigenvalue weighted by Gasteiger charge is -2.56. The van der Waals surface area contributed by atoms with Crippen LogP contribution in [0.3, 0.4) is 0 Å². The average Bonchev–Trinajstić information content (AvgIpc) is 3.35. The van der Waals surface area contributed by atoms with Gasteiger partial charge < -0.3 is 9.84 Å². The predicted octanol–water partition coefficient (Wildman–Crippen LogP) is 6.44. The topological polar surface area (TPSA) is 63.6 Å². The van der Waals surface area contributed by atoms with Crippen LogP contribution < -0.4 is 0 Å². The maximum absolute atomic E-state index is 12.9. The quantitative estimate of drug-likeness (QED) is 0.384. The number of cyclic esters (lactones) is 1. The van der Waals surface area contributed by atoms with Crippen LogP contribution in [-0.4, -0.2) is 22.6 Å². The molecule has 0 amide bonds. The van der Waals surface area contributed by atoms with Crippen LogP contribution in [0.2, 0.25) is 0 Å². The number of rotatable bonds is 3. The van der Waals surface area contributed by atoms with Gasteiger partial charge in [-0.1, -0.05) is 57.4 Å². The highest BCUT2D eigenvalue weighted by Crippen LogP contribution is 2.73. The van der Waals surface area contributed by atoms with Crippen LogP contribution in [0, 0.1) is 33.5 Å². The van der Waals surface area contributed by atoms with Gasteiger partial charge in [0, 0.05) is 29.2 Å². The molecule has 0 aromatic heterocycles. The summed E-state index contributed by atoms with van der Waals surface area (Å²) in [6.45, 7) is 15.5. The van der Waals surface area contributed by atoms with Crippen LogP contribution in [0.1, 0.15) is 99.8 Å². The first kappa shape index (κ1) is 24.0. The normalized spacial score (nSPS) is 44.1. The van der Waals surface area contributed by atoms with Gasteiger partial charge in [0.2, 0.25) is 5.79 Å². The van der Waals surface area contributed by atoms with E-state index in [0.29, 0.717) is 30.1 Å². The zero-order valence-corrected chi connectivity index (χ0v) is 22.1. The molecule has 0 radical (unpaired) electrons. The molecule has 1 saturated carbocycles. The Hall–Kier alpha value is -1.68. The molecular formula is C30H42O4. The first-order valence-corrected chi connectivity index (χ1v) is 13.3. The molecule has 4 aliphatic carbocycles. The van der Waals surface area contributed by atoms with E-state index in [1.54, 1.807) is 24.1 Å². The smallest absolute Gasteiger partial charge is 0.336 e. The molecule has 4 heteroatoms. The minimum Gasteiger partial charge on any atom is -0.426 e. The second-order valence-corrected chi connectivity index (χ2v) is 13.2. The Morgan fingerprint density at radius 3 is 2.41 bits per heavy atom. The van der Waals surface area contributed by atoms with Crippen molar-refractivity contribution in [3.05, 3.63) is 34.4 Å². The molecule has 186 valence electrons. The van der Waals surface area contributed by atoms with E-state index < -0.39 is 11.8 Å². The molecule has 0 unspecified atom stereocenters. The number of carbonyl (C=O) groups is 2. The van der Waals surface area contributed by atoms with Crippen molar-refractivity contribution in [3.63, 3.8) is 0 Å². The van der Waals surface area contributed by atoms with Gasteiger partial charge in [0.25, 0.3) is 0 Å². The monoisotopic (exact) mass is 466 g/mol. The maximum Gasteiger partial charge on any atom is 0.336 e. The fourth-order valence-electron chi connectivity index (χ4n) is 9.34. The third-order valence-electron chi connectivity index (χ3n) is 11.4. The summed E-state index contributed by atoms with van der Waals surface area (Å²) in [4.78, 5) is 24.9. The van der Waals surface area contributed by atoms with E-state index in [0.717, 1.165) is 38.5 Å². The zero-order valence-electron chi connectivity index (χ0n) is 22.1. The van der Waals surface area contributed by atoms with Crippen LogP contribution in [0.4, 0.5) is 0 Å². The number of aliphatic hydroxyl groups is 1. The van der Waals surface area contributed by atoms with E-state index in [1.807, 2.05) is 0 Å². The van der Waals surface area contributed by atoms with Crippen LogP contribution in [0.5, 0.6) is 0 Å². The number of ketones is 1. The molecule has 4 nitrogen and oxygen atoms in total. The first-order valence-electron chi connectivity index (χ1n) is 13.3. The summed E-state index contributed by atoms with van der Waals surface area (Å²) >= 11 is 0. The lowest BCUT2D eigenvalue weighted by Crippen LogP contribution is -2.51. The predicted molar refractivity (Wildman–Crippen MR) is 133 cm³/mol. The number of Topliss-reactive ketones (excluding diaryl/α,β-unsaturated/α-hetero) is 1. The number of allylic oxidation sites excluding steroid dienone is 4. The van der Waals surface area contributed by atoms with Crippen molar-refractivity contribution in [2.45, 2.75) is 106 Å².